The Kier molecular flexibility index (Phi) is 9.57. The van der Waals surface area contributed by atoms with Crippen LogP contribution in [0.4, 0.5) is 0 Å². The summed E-state index contributed by atoms with van der Waals surface area (Å²) >= 11 is 12.2. The normalized spacial score (nSPS) is 11.5. The molecular weight excluding hydrogens is 597 g/mol. The summed E-state index contributed by atoms with van der Waals surface area (Å²) in [5.41, 5.74) is 4.66. The molecule has 1 aromatic heterocycles. The number of hydrogen-bond donors (Lipinski definition) is 0. The first-order valence-electron chi connectivity index (χ1n) is 14.3. The number of nitrogens with zero attached hydrogens (tertiary/aromatic N) is 3. The second-order valence-electron chi connectivity index (χ2n) is 10.6. The van der Waals surface area contributed by atoms with Crippen LogP contribution < -0.4 is 19.8 Å². The number of halogens is 2. The highest BCUT2D eigenvalue weighted by Gasteiger charge is 2.18. The third-order valence-corrected chi connectivity index (χ3v) is 7.90. The maximum Gasteiger partial charge on any atom is 0.282 e. The number of fused-ring (bicyclic) bond motifs is 1. The van der Waals surface area contributed by atoms with E-state index in [2.05, 4.69) is 18.9 Å². The fourth-order valence-corrected chi connectivity index (χ4v) is 5.20. The van der Waals surface area contributed by atoms with Gasteiger partial charge in [-0.1, -0.05) is 55.2 Å². The summed E-state index contributed by atoms with van der Waals surface area (Å²) in [4.78, 5) is 18.7. The molecule has 5 rings (SSSR count). The third kappa shape index (κ3) is 6.59. The minimum atomic E-state index is -0.269. The first-order chi connectivity index (χ1) is 21.2. The fraction of sp³-hybridized carbons (Fsp3) is 0.229. The SMILES string of the molecule is CCOc1cc(C=Nn2c(-c3cc(C(C)C)c(OC)cc3C)nc3ccccc3c2=O)ccc1OCc1ccc(Cl)c(Cl)c1. The van der Waals surface area contributed by atoms with Gasteiger partial charge in [0.05, 0.1) is 40.9 Å². The lowest BCUT2D eigenvalue weighted by Crippen LogP contribution is -2.20. The topological polar surface area (TPSA) is 74.9 Å². The second-order valence-corrected chi connectivity index (χ2v) is 11.4. The standard InChI is InChI=1S/C35H33Cl2N3O4/c1-6-43-33-17-23(12-14-31(33)44-20-24-11-13-28(36)29(37)16-24)19-38-40-34(39-30-10-8-7-9-25(30)35(40)41)27-18-26(21(2)3)32(42-5)15-22(27)4/h7-19,21H,6,20H2,1-5H3. The molecule has 0 aliphatic carbocycles. The third-order valence-electron chi connectivity index (χ3n) is 7.16. The lowest BCUT2D eigenvalue weighted by atomic mass is 9.96. The summed E-state index contributed by atoms with van der Waals surface area (Å²) < 4.78 is 18.9. The van der Waals surface area contributed by atoms with Gasteiger partial charge >= 0.3 is 0 Å². The van der Waals surface area contributed by atoms with Crippen molar-refractivity contribution in [3.63, 3.8) is 0 Å². The van der Waals surface area contributed by atoms with Crippen molar-refractivity contribution in [3.05, 3.63) is 115 Å². The summed E-state index contributed by atoms with van der Waals surface area (Å²) in [5, 5.41) is 6.09. The van der Waals surface area contributed by atoms with E-state index in [0.717, 1.165) is 33.6 Å². The van der Waals surface area contributed by atoms with Crippen LogP contribution in [0.5, 0.6) is 17.2 Å². The van der Waals surface area contributed by atoms with Crippen LogP contribution in [0.1, 0.15) is 48.9 Å². The lowest BCUT2D eigenvalue weighted by Gasteiger charge is -2.17. The minimum Gasteiger partial charge on any atom is -0.496 e. The average Bonchev–Trinajstić information content (AvgIpc) is 3.01. The van der Waals surface area contributed by atoms with Crippen LogP contribution in [0.2, 0.25) is 10.0 Å². The molecule has 0 saturated heterocycles. The summed E-state index contributed by atoms with van der Waals surface area (Å²) in [6.45, 7) is 8.80. The van der Waals surface area contributed by atoms with Gasteiger partial charge in [0, 0.05) is 5.56 Å². The van der Waals surface area contributed by atoms with E-state index in [1.54, 1.807) is 31.5 Å². The fourth-order valence-electron chi connectivity index (χ4n) is 4.88. The van der Waals surface area contributed by atoms with Crippen LogP contribution in [-0.2, 0) is 6.61 Å². The number of benzene rings is 4. The van der Waals surface area contributed by atoms with Gasteiger partial charge in [0.25, 0.3) is 5.56 Å². The molecule has 0 N–H and O–H groups in total. The first-order valence-corrected chi connectivity index (χ1v) is 15.0. The summed E-state index contributed by atoms with van der Waals surface area (Å²) in [6, 6.07) is 22.2. The van der Waals surface area contributed by atoms with Crippen LogP contribution in [0.15, 0.2) is 82.7 Å². The number of para-hydroxylation sites is 1. The van der Waals surface area contributed by atoms with Crippen molar-refractivity contribution < 1.29 is 14.2 Å². The number of rotatable bonds is 10. The minimum absolute atomic E-state index is 0.197. The largest absolute Gasteiger partial charge is 0.496 e. The quantitative estimate of drug-likeness (QED) is 0.144. The Hall–Kier alpha value is -4.33. The highest BCUT2D eigenvalue weighted by molar-refractivity contribution is 6.42. The van der Waals surface area contributed by atoms with E-state index in [-0.39, 0.29) is 18.1 Å². The molecule has 0 spiro atoms. The molecule has 9 heteroatoms. The number of hydrogen-bond acceptors (Lipinski definition) is 6. The van der Waals surface area contributed by atoms with Crippen LogP contribution in [-0.4, -0.2) is 29.6 Å². The number of methoxy groups -OCH3 is 1. The molecule has 0 aliphatic heterocycles. The Labute approximate surface area is 266 Å². The second kappa shape index (κ2) is 13.5. The number of aromatic nitrogens is 2. The Bertz CT molecular complexity index is 1920. The maximum atomic E-state index is 13.8. The van der Waals surface area contributed by atoms with Gasteiger partial charge in [-0.05, 0) is 96.6 Å². The van der Waals surface area contributed by atoms with Crippen LogP contribution in [0, 0.1) is 6.92 Å². The Balaban J connectivity index is 1.55. The van der Waals surface area contributed by atoms with Gasteiger partial charge in [-0.2, -0.15) is 9.78 Å². The molecule has 4 aromatic carbocycles. The highest BCUT2D eigenvalue weighted by atomic mass is 35.5. The molecule has 0 bridgehead atoms. The van der Waals surface area contributed by atoms with Crippen molar-refractivity contribution in [3.8, 4) is 28.6 Å². The summed E-state index contributed by atoms with van der Waals surface area (Å²) in [6.07, 6.45) is 1.62. The van der Waals surface area contributed by atoms with Crippen molar-refractivity contribution in [2.45, 2.75) is 40.2 Å². The van der Waals surface area contributed by atoms with Crippen molar-refractivity contribution in [2.24, 2.45) is 5.10 Å². The Morgan fingerprint density at radius 2 is 1.73 bits per heavy atom. The van der Waals surface area contributed by atoms with Gasteiger partial charge in [-0.25, -0.2) is 4.98 Å². The van der Waals surface area contributed by atoms with Crippen LogP contribution in [0.25, 0.3) is 22.3 Å². The zero-order chi connectivity index (χ0) is 31.4. The van der Waals surface area contributed by atoms with E-state index in [9.17, 15) is 4.79 Å². The van der Waals surface area contributed by atoms with Gasteiger partial charge < -0.3 is 14.2 Å². The molecule has 0 amide bonds. The van der Waals surface area contributed by atoms with E-state index in [1.807, 2.05) is 68.4 Å². The summed E-state index contributed by atoms with van der Waals surface area (Å²) in [5.74, 6) is 2.55. The van der Waals surface area contributed by atoms with Gasteiger partial charge in [-0.3, -0.25) is 4.79 Å². The first kappa shape index (κ1) is 31.1. The number of aryl methyl sites for hydroxylation is 1. The van der Waals surface area contributed by atoms with Crippen LogP contribution in [0.3, 0.4) is 0 Å². The van der Waals surface area contributed by atoms with Crippen molar-refractivity contribution >= 4 is 40.3 Å². The van der Waals surface area contributed by atoms with Gasteiger partial charge in [0.2, 0.25) is 0 Å². The Morgan fingerprint density at radius 3 is 2.45 bits per heavy atom. The van der Waals surface area contributed by atoms with Crippen LogP contribution >= 0.6 is 23.2 Å². The molecule has 0 atom stereocenters. The van der Waals surface area contributed by atoms with Gasteiger partial charge in [0.1, 0.15) is 12.4 Å². The zero-order valence-electron chi connectivity index (χ0n) is 25.2. The average molecular weight is 631 g/mol. The molecule has 226 valence electrons. The molecular formula is C35H33Cl2N3O4. The molecule has 0 unspecified atom stereocenters. The molecule has 7 nitrogen and oxygen atoms in total. The maximum absolute atomic E-state index is 13.8. The lowest BCUT2D eigenvalue weighted by molar-refractivity contribution is 0.269. The Morgan fingerprint density at radius 1 is 0.932 bits per heavy atom. The highest BCUT2D eigenvalue weighted by Crippen LogP contribution is 2.34. The molecule has 44 heavy (non-hydrogen) atoms. The smallest absolute Gasteiger partial charge is 0.282 e. The number of ether oxygens (including phenoxy) is 3. The molecule has 1 heterocycles. The van der Waals surface area contributed by atoms with E-state index in [1.165, 1.54) is 4.68 Å². The predicted octanol–water partition coefficient (Wildman–Crippen LogP) is 8.67. The molecule has 5 aromatic rings. The van der Waals surface area contributed by atoms with Crippen molar-refractivity contribution in [1.82, 2.24) is 9.66 Å². The molecule has 0 saturated carbocycles. The predicted molar refractivity (Wildman–Crippen MR) is 178 cm³/mol. The molecule has 0 radical (unpaired) electrons. The van der Waals surface area contributed by atoms with Crippen molar-refractivity contribution in [1.29, 1.82) is 0 Å². The monoisotopic (exact) mass is 629 g/mol. The van der Waals surface area contributed by atoms with E-state index >= 15 is 0 Å². The molecule has 0 aliphatic rings. The summed E-state index contributed by atoms with van der Waals surface area (Å²) in [7, 11) is 1.66. The van der Waals surface area contributed by atoms with Crippen molar-refractivity contribution in [2.75, 3.05) is 13.7 Å². The van der Waals surface area contributed by atoms with E-state index in [4.69, 9.17) is 42.4 Å². The van der Waals surface area contributed by atoms with E-state index in [0.29, 0.717) is 44.9 Å². The van der Waals surface area contributed by atoms with E-state index < -0.39 is 0 Å². The van der Waals surface area contributed by atoms with Gasteiger partial charge in [-0.15, -0.1) is 0 Å². The molecule has 0 fully saturated rings. The zero-order valence-corrected chi connectivity index (χ0v) is 26.7. The van der Waals surface area contributed by atoms with Gasteiger partial charge in [0.15, 0.2) is 17.3 Å².